The van der Waals surface area contributed by atoms with E-state index in [2.05, 4.69) is 22.9 Å². The number of hydrogen-bond donors (Lipinski definition) is 3. The first-order valence-corrected chi connectivity index (χ1v) is 10.5. The second-order valence-electron chi connectivity index (χ2n) is 6.85. The number of thiocarbonyl (C=S) groups is 1. The number of unbranched alkanes of at least 4 members (excludes halogenated alkanes) is 3. The summed E-state index contributed by atoms with van der Waals surface area (Å²) in [6.07, 6.45) is 5.35. The highest BCUT2D eigenvalue weighted by Gasteiger charge is 2.12. The minimum atomic E-state index is -0.183. The van der Waals surface area contributed by atoms with Crippen molar-refractivity contribution in [1.29, 1.82) is 0 Å². The van der Waals surface area contributed by atoms with E-state index in [-0.39, 0.29) is 16.9 Å². The van der Waals surface area contributed by atoms with E-state index in [1.54, 1.807) is 18.2 Å². The van der Waals surface area contributed by atoms with Gasteiger partial charge in [-0.25, -0.2) is 0 Å². The molecule has 3 N–H and O–H groups in total. The van der Waals surface area contributed by atoms with Crippen molar-refractivity contribution < 1.29 is 9.59 Å². The zero-order chi connectivity index (χ0) is 20.9. The fraction of sp³-hybridized carbons (Fsp3) is 0.348. The van der Waals surface area contributed by atoms with Crippen LogP contribution < -0.4 is 16.0 Å². The van der Waals surface area contributed by atoms with E-state index in [4.69, 9.17) is 12.2 Å². The van der Waals surface area contributed by atoms with Crippen LogP contribution in [0.5, 0.6) is 0 Å². The van der Waals surface area contributed by atoms with Gasteiger partial charge >= 0.3 is 0 Å². The Morgan fingerprint density at radius 3 is 2.41 bits per heavy atom. The Morgan fingerprint density at radius 1 is 0.931 bits per heavy atom. The van der Waals surface area contributed by atoms with Crippen LogP contribution in [0.15, 0.2) is 54.6 Å². The molecule has 0 saturated carbocycles. The molecular formula is C23H29N3O2S. The predicted molar refractivity (Wildman–Crippen MR) is 122 cm³/mol. The number of nitrogens with one attached hydrogen (secondary N) is 3. The molecule has 0 atom stereocenters. The van der Waals surface area contributed by atoms with E-state index in [0.717, 1.165) is 32.1 Å². The molecule has 0 aliphatic rings. The Bertz CT molecular complexity index is 809. The summed E-state index contributed by atoms with van der Waals surface area (Å²) in [5.41, 5.74) is 2.23. The molecule has 0 aromatic heterocycles. The molecule has 0 saturated heterocycles. The summed E-state index contributed by atoms with van der Waals surface area (Å²) in [5, 5.41) is 8.79. The van der Waals surface area contributed by atoms with E-state index < -0.39 is 0 Å². The number of hydrogen-bond acceptors (Lipinski definition) is 3. The van der Waals surface area contributed by atoms with Gasteiger partial charge in [0.15, 0.2) is 5.11 Å². The largest absolute Gasteiger partial charge is 0.352 e. The van der Waals surface area contributed by atoms with Crippen molar-refractivity contribution in [3.05, 3.63) is 65.7 Å². The Morgan fingerprint density at radius 2 is 1.66 bits per heavy atom. The second-order valence-corrected chi connectivity index (χ2v) is 7.26. The number of benzene rings is 2. The lowest BCUT2D eigenvalue weighted by Crippen LogP contribution is -2.35. The maximum Gasteiger partial charge on any atom is 0.253 e. The lowest BCUT2D eigenvalue weighted by Gasteiger charge is -2.13. The fourth-order valence-electron chi connectivity index (χ4n) is 2.91. The molecule has 2 rings (SSSR count). The van der Waals surface area contributed by atoms with Gasteiger partial charge in [-0.2, -0.15) is 0 Å². The summed E-state index contributed by atoms with van der Waals surface area (Å²) in [7, 11) is 0. The number of amides is 2. The molecule has 0 radical (unpaired) electrons. The second kappa shape index (κ2) is 12.7. The smallest absolute Gasteiger partial charge is 0.253 e. The topological polar surface area (TPSA) is 70.2 Å². The predicted octanol–water partition coefficient (Wildman–Crippen LogP) is 4.44. The third-order valence-corrected chi connectivity index (χ3v) is 4.68. The average molecular weight is 412 g/mol. The number of carbonyl (C=O) groups is 2. The van der Waals surface area contributed by atoms with Crippen LogP contribution >= 0.6 is 12.2 Å². The van der Waals surface area contributed by atoms with Crippen molar-refractivity contribution in [2.24, 2.45) is 0 Å². The van der Waals surface area contributed by atoms with Crippen LogP contribution in [0.3, 0.4) is 0 Å². The molecule has 2 amide bonds. The number of rotatable bonds is 10. The molecule has 0 bridgehead atoms. The minimum absolute atomic E-state index is 0.108. The summed E-state index contributed by atoms with van der Waals surface area (Å²) in [6.45, 7) is 2.67. The molecule has 0 aliphatic carbocycles. The third-order valence-electron chi connectivity index (χ3n) is 4.47. The number of para-hydroxylation sites is 1. The molecule has 2 aromatic carbocycles. The summed E-state index contributed by atoms with van der Waals surface area (Å²) in [4.78, 5) is 24.6. The monoisotopic (exact) mass is 411 g/mol. The third kappa shape index (κ3) is 8.44. The molecule has 0 aliphatic heterocycles. The highest BCUT2D eigenvalue weighted by molar-refractivity contribution is 7.80. The first-order chi connectivity index (χ1) is 14.1. The molecule has 6 heteroatoms. The van der Waals surface area contributed by atoms with E-state index in [1.807, 2.05) is 36.4 Å². The van der Waals surface area contributed by atoms with Crippen LogP contribution in [0.25, 0.3) is 0 Å². The van der Waals surface area contributed by atoms with Crippen molar-refractivity contribution in [2.45, 2.75) is 45.4 Å². The molecule has 0 spiro atoms. The van der Waals surface area contributed by atoms with Crippen molar-refractivity contribution >= 4 is 34.8 Å². The van der Waals surface area contributed by atoms with Crippen LogP contribution in [0.1, 0.15) is 54.9 Å². The molecule has 0 fully saturated rings. The zero-order valence-electron chi connectivity index (χ0n) is 16.9. The highest BCUT2D eigenvalue weighted by atomic mass is 32.1. The molecule has 154 valence electrons. The molecule has 29 heavy (non-hydrogen) atoms. The van der Waals surface area contributed by atoms with Crippen LogP contribution in [0.4, 0.5) is 5.69 Å². The maximum atomic E-state index is 12.6. The van der Waals surface area contributed by atoms with Gasteiger partial charge < -0.3 is 16.0 Å². The fourth-order valence-corrected chi connectivity index (χ4v) is 3.13. The van der Waals surface area contributed by atoms with Crippen molar-refractivity contribution in [3.63, 3.8) is 0 Å². The first kappa shape index (κ1) is 22.6. The Labute approximate surface area is 178 Å². The normalized spacial score (nSPS) is 10.2. The van der Waals surface area contributed by atoms with Crippen molar-refractivity contribution in [1.82, 2.24) is 10.6 Å². The van der Waals surface area contributed by atoms with Gasteiger partial charge in [0.25, 0.3) is 5.91 Å². The van der Waals surface area contributed by atoms with Crippen LogP contribution in [0.2, 0.25) is 0 Å². The lowest BCUT2D eigenvalue weighted by molar-refractivity contribution is -0.119. The molecule has 0 heterocycles. The molecule has 0 unspecified atom stereocenters. The van der Waals surface area contributed by atoms with Gasteiger partial charge in [0.1, 0.15) is 0 Å². The van der Waals surface area contributed by atoms with Gasteiger partial charge in [-0.15, -0.1) is 0 Å². The summed E-state index contributed by atoms with van der Waals surface area (Å²) >= 11 is 5.24. The van der Waals surface area contributed by atoms with Crippen molar-refractivity contribution in [2.75, 3.05) is 11.9 Å². The average Bonchev–Trinajstić information content (AvgIpc) is 2.72. The minimum Gasteiger partial charge on any atom is -0.352 e. The lowest BCUT2D eigenvalue weighted by atomic mass is 10.1. The number of anilines is 1. The van der Waals surface area contributed by atoms with E-state index in [9.17, 15) is 9.59 Å². The van der Waals surface area contributed by atoms with Crippen LogP contribution in [0, 0.1) is 0 Å². The Kier molecular flexibility index (Phi) is 9.86. The zero-order valence-corrected chi connectivity index (χ0v) is 17.7. The molecular weight excluding hydrogens is 382 g/mol. The van der Waals surface area contributed by atoms with Crippen LogP contribution in [-0.4, -0.2) is 23.5 Å². The van der Waals surface area contributed by atoms with Gasteiger partial charge in [-0.1, -0.05) is 68.7 Å². The van der Waals surface area contributed by atoms with Gasteiger partial charge in [0.05, 0.1) is 11.3 Å². The van der Waals surface area contributed by atoms with Gasteiger partial charge in [-0.3, -0.25) is 9.59 Å². The van der Waals surface area contributed by atoms with E-state index in [0.29, 0.717) is 24.2 Å². The summed E-state index contributed by atoms with van der Waals surface area (Å²) in [6, 6.07) is 17.1. The SMILES string of the molecule is CCCCCCC(=O)NC(=S)Nc1ccccc1C(=O)NCCc1ccccc1. The van der Waals surface area contributed by atoms with Crippen molar-refractivity contribution in [3.8, 4) is 0 Å². The molecule has 5 nitrogen and oxygen atoms in total. The van der Waals surface area contributed by atoms with E-state index >= 15 is 0 Å². The number of carbonyl (C=O) groups excluding carboxylic acids is 2. The Balaban J connectivity index is 1.84. The summed E-state index contributed by atoms with van der Waals surface area (Å²) < 4.78 is 0. The maximum absolute atomic E-state index is 12.6. The Hall–Kier alpha value is -2.73. The standard InChI is InChI=1S/C23H29N3O2S/c1-2-3-4-8-15-21(27)26-23(29)25-20-14-10-9-13-19(20)22(28)24-17-16-18-11-6-5-7-12-18/h5-7,9-14H,2-4,8,15-17H2,1H3,(H,24,28)(H2,25,26,27,29). The van der Waals surface area contributed by atoms with Gasteiger partial charge in [0.2, 0.25) is 5.91 Å². The highest BCUT2D eigenvalue weighted by Crippen LogP contribution is 2.15. The molecule has 2 aromatic rings. The first-order valence-electron chi connectivity index (χ1n) is 10.1. The summed E-state index contributed by atoms with van der Waals surface area (Å²) in [5.74, 6) is -0.291. The van der Waals surface area contributed by atoms with E-state index in [1.165, 1.54) is 5.56 Å². The van der Waals surface area contributed by atoms with Gasteiger partial charge in [-0.05, 0) is 42.8 Å². The quantitative estimate of drug-likeness (QED) is 0.399. The van der Waals surface area contributed by atoms with Crippen LogP contribution in [-0.2, 0) is 11.2 Å². The van der Waals surface area contributed by atoms with Gasteiger partial charge in [0, 0.05) is 13.0 Å².